The van der Waals surface area contributed by atoms with E-state index in [4.69, 9.17) is 18.5 Å². The predicted molar refractivity (Wildman–Crippen MR) is 124 cm³/mol. The summed E-state index contributed by atoms with van der Waals surface area (Å²) >= 11 is 0.928. The van der Waals surface area contributed by atoms with Crippen LogP contribution in [-0.2, 0) is 37.6 Å². The molecule has 2 heterocycles. The average Bonchev–Trinajstić information content (AvgIpc) is 3.15. The minimum absolute atomic E-state index is 0.0438. The summed E-state index contributed by atoms with van der Waals surface area (Å²) in [7, 11) is 0. The second kappa shape index (κ2) is 11.9. The molecule has 3 rings (SSSR count). The van der Waals surface area contributed by atoms with E-state index in [9.17, 15) is 19.5 Å². The number of carbonyl (C=O) groups is 1. The quantitative estimate of drug-likeness (QED) is 0.253. The van der Waals surface area contributed by atoms with Gasteiger partial charge in [0.2, 0.25) is 0 Å². The zero-order valence-electron chi connectivity index (χ0n) is 19.9. The van der Waals surface area contributed by atoms with E-state index >= 15 is 0 Å². The third kappa shape index (κ3) is 7.56. The zero-order valence-corrected chi connectivity index (χ0v) is 23.7. The van der Waals surface area contributed by atoms with Gasteiger partial charge in [0.25, 0.3) is 0 Å². The number of nitrogens with zero attached hydrogens (tertiary/aromatic N) is 1. The van der Waals surface area contributed by atoms with Crippen LogP contribution >= 0.6 is 5.50 Å². The molecule has 5 atom stereocenters. The van der Waals surface area contributed by atoms with Gasteiger partial charge in [0.15, 0.2) is 0 Å². The van der Waals surface area contributed by atoms with Crippen LogP contribution in [0.2, 0.25) is 0 Å². The number of aromatic nitrogens is 2. The van der Waals surface area contributed by atoms with Crippen molar-refractivity contribution in [3.63, 3.8) is 0 Å². The van der Waals surface area contributed by atoms with E-state index in [0.29, 0.717) is 11.3 Å². The standard InChI is InChI=1S/C22H30N3O8P.W/c1-13(2)31-21(28)15(4)24-34(33-16-8-6-5-7-9-16)30-12-18-17(26)10-19(32-18)25-11-14(3)20(27)23-22(25)29;/h5-9,11,13,15,17-19,24,26H,10,12H2,1-4H3,(H,23,27,29);/t15-,17+,18-,19-,34?;/m1./s1. The van der Waals surface area contributed by atoms with Gasteiger partial charge in [-0.05, 0) is 0 Å². The number of hydrogen-bond acceptors (Lipinski definition) is 9. The molecule has 0 spiro atoms. The van der Waals surface area contributed by atoms with Crippen molar-refractivity contribution in [2.45, 2.75) is 64.7 Å². The first kappa shape index (κ1) is 27.7. The molecule has 0 amide bonds. The van der Waals surface area contributed by atoms with E-state index in [0.717, 1.165) is 18.8 Å². The monoisotopic (exact) mass is 679 g/mol. The first-order valence-electron chi connectivity index (χ1n) is 11.1. The van der Waals surface area contributed by atoms with Gasteiger partial charge in [-0.15, -0.1) is 0 Å². The summed E-state index contributed by atoms with van der Waals surface area (Å²) in [6, 6.07) is 8.36. The molecule has 192 valence electrons. The molecule has 1 aliphatic heterocycles. The van der Waals surface area contributed by atoms with Crippen LogP contribution in [0.25, 0.3) is 0 Å². The van der Waals surface area contributed by atoms with Crippen molar-refractivity contribution in [3.8, 4) is 5.75 Å². The molecule has 0 radical (unpaired) electrons. The molecular formula is C22H30N3O8PW. The topological polar surface area (TPSA) is 141 Å². The fourth-order valence-electron chi connectivity index (χ4n) is 3.34. The number of para-hydroxylation sites is 1. The molecule has 35 heavy (non-hydrogen) atoms. The Morgan fingerprint density at radius 3 is 2.66 bits per heavy atom. The van der Waals surface area contributed by atoms with E-state index in [2.05, 4.69) is 10.1 Å². The van der Waals surface area contributed by atoms with E-state index in [1.165, 1.54) is 10.8 Å². The number of nitrogens with one attached hydrogen (secondary N) is 2. The number of aliphatic hydroxyl groups excluding tert-OH is 1. The van der Waals surface area contributed by atoms with Crippen LogP contribution in [0.4, 0.5) is 0 Å². The number of carbonyl (C=O) groups excluding carboxylic acids is 1. The number of esters is 1. The van der Waals surface area contributed by atoms with Crippen molar-refractivity contribution >= 4 is 11.5 Å². The summed E-state index contributed by atoms with van der Waals surface area (Å²) in [6.07, 6.45) is -1.14. The first-order chi connectivity index (χ1) is 16.5. The maximum absolute atomic E-state index is 12.4. The van der Waals surface area contributed by atoms with Crippen LogP contribution in [0.1, 0.15) is 39.0 Å². The molecule has 0 aliphatic carbocycles. The summed E-state index contributed by atoms with van der Waals surface area (Å²) in [6.45, 7) is 6.74. The molecule has 1 aliphatic rings. The van der Waals surface area contributed by atoms with E-state index in [-0.39, 0.29) is 19.1 Å². The predicted octanol–water partition coefficient (Wildman–Crippen LogP) is 1.74. The van der Waals surface area contributed by atoms with Gasteiger partial charge in [-0.3, -0.25) is 0 Å². The van der Waals surface area contributed by atoms with Crippen LogP contribution in [0.5, 0.6) is 5.75 Å². The number of aryl methyl sites for hydroxylation is 1. The molecule has 2 aromatic rings. The first-order valence-corrected chi connectivity index (χ1v) is 16.6. The number of H-pyrrole nitrogens is 1. The SMILES string of the molecule is Cc1cn([C@H]2C[C@H](O)[C@@H](CO[P](=[W])(N[C@H](C)C(=O)OC(C)C)Oc3ccccc3)O2)c(=O)[nH]c1=O. The van der Waals surface area contributed by atoms with Gasteiger partial charge in [-0.1, -0.05) is 0 Å². The van der Waals surface area contributed by atoms with Crippen LogP contribution in [0.3, 0.4) is 0 Å². The number of aromatic amines is 1. The van der Waals surface area contributed by atoms with Gasteiger partial charge in [0, 0.05) is 0 Å². The second-order valence-corrected chi connectivity index (χ2v) is 15.3. The van der Waals surface area contributed by atoms with Gasteiger partial charge in [0.1, 0.15) is 0 Å². The Morgan fingerprint density at radius 1 is 1.31 bits per heavy atom. The fraction of sp³-hybridized carbons (Fsp3) is 0.500. The van der Waals surface area contributed by atoms with Gasteiger partial charge in [-0.2, -0.15) is 0 Å². The fourth-order valence-corrected chi connectivity index (χ4v) is 8.13. The zero-order chi connectivity index (χ0) is 25.8. The molecule has 1 fully saturated rings. The molecule has 1 unspecified atom stereocenters. The third-order valence-corrected chi connectivity index (χ3v) is 9.81. The van der Waals surface area contributed by atoms with Crippen molar-refractivity contribution in [1.82, 2.24) is 14.6 Å². The number of benzene rings is 1. The van der Waals surface area contributed by atoms with Gasteiger partial charge in [-0.25, -0.2) is 0 Å². The summed E-state index contributed by atoms with van der Waals surface area (Å²) in [5.74, 6) is 0.129. The number of aliphatic hydroxyl groups is 1. The molecular weight excluding hydrogens is 649 g/mol. The van der Waals surface area contributed by atoms with Crippen molar-refractivity contribution in [2.75, 3.05) is 6.61 Å². The number of rotatable bonds is 10. The summed E-state index contributed by atoms with van der Waals surface area (Å²) in [5, 5.41) is 13.7. The Balaban J connectivity index is 1.73. The van der Waals surface area contributed by atoms with Crippen molar-refractivity contribution in [2.24, 2.45) is 0 Å². The van der Waals surface area contributed by atoms with Crippen molar-refractivity contribution in [1.29, 1.82) is 0 Å². The molecule has 1 aromatic carbocycles. The van der Waals surface area contributed by atoms with Crippen LogP contribution < -0.4 is 20.9 Å². The summed E-state index contributed by atoms with van der Waals surface area (Å²) < 4.78 is 24.7. The third-order valence-electron chi connectivity index (χ3n) is 5.10. The molecule has 11 nitrogen and oxygen atoms in total. The Kier molecular flexibility index (Phi) is 9.43. The van der Waals surface area contributed by atoms with E-state index in [1.807, 2.05) is 18.2 Å². The molecule has 13 heteroatoms. The van der Waals surface area contributed by atoms with Crippen molar-refractivity contribution in [3.05, 3.63) is 62.9 Å². The van der Waals surface area contributed by atoms with E-state index in [1.54, 1.807) is 39.8 Å². The molecule has 0 saturated carbocycles. The summed E-state index contributed by atoms with van der Waals surface area (Å²) in [5.41, 5.74) is -3.55. The average molecular weight is 679 g/mol. The van der Waals surface area contributed by atoms with Crippen LogP contribution in [0, 0.1) is 6.92 Å². The van der Waals surface area contributed by atoms with E-state index < -0.39 is 47.2 Å². The Bertz CT molecular complexity index is 1190. The minimum atomic E-state index is -2.81. The Hall–Kier alpha value is -1.87. The molecule has 1 aromatic heterocycles. The van der Waals surface area contributed by atoms with Gasteiger partial charge >= 0.3 is 213 Å². The maximum atomic E-state index is 12.4. The Morgan fingerprint density at radius 2 is 2.00 bits per heavy atom. The van der Waals surface area contributed by atoms with Crippen LogP contribution in [0.15, 0.2) is 46.1 Å². The van der Waals surface area contributed by atoms with Crippen LogP contribution in [-0.4, -0.2) is 51.6 Å². The second-order valence-electron chi connectivity index (χ2n) is 8.44. The van der Waals surface area contributed by atoms with Gasteiger partial charge in [0.05, 0.1) is 0 Å². The number of ether oxygens (including phenoxy) is 2. The molecule has 3 N–H and O–H groups in total. The summed E-state index contributed by atoms with van der Waals surface area (Å²) in [4.78, 5) is 38.5. The normalized spacial score (nSPS) is 22.5. The van der Waals surface area contributed by atoms with Gasteiger partial charge < -0.3 is 0 Å². The Labute approximate surface area is 213 Å². The molecule has 1 saturated heterocycles. The van der Waals surface area contributed by atoms with Crippen molar-refractivity contribution < 1.29 is 47.2 Å². The number of hydrogen-bond donors (Lipinski definition) is 3. The molecule has 0 bridgehead atoms.